The predicted molar refractivity (Wildman–Crippen MR) is 98.1 cm³/mol. The summed E-state index contributed by atoms with van der Waals surface area (Å²) >= 11 is 0. The number of likely N-dealkylation sites (tertiary alicyclic amines) is 2. The largest absolute Gasteiger partial charge is 0.396 e. The maximum Gasteiger partial charge on any atom is 0.274 e. The number of nitrogens with zero attached hydrogens (tertiary/aromatic N) is 5. The number of amides is 1. The molecule has 0 aliphatic carbocycles. The average molecular weight is 373 g/mol. The van der Waals surface area contributed by atoms with E-state index in [2.05, 4.69) is 15.2 Å². The van der Waals surface area contributed by atoms with Crippen LogP contribution in [0, 0.1) is 32.1 Å². The van der Waals surface area contributed by atoms with Crippen LogP contribution in [-0.2, 0) is 13.6 Å². The predicted octanol–water partition coefficient (Wildman–Crippen LogP) is 0.900. The van der Waals surface area contributed by atoms with Gasteiger partial charge in [-0.15, -0.1) is 0 Å². The molecular formula is C19H27N5O3. The second-order valence-corrected chi connectivity index (χ2v) is 8.17. The van der Waals surface area contributed by atoms with Crippen LogP contribution in [0.4, 0.5) is 0 Å². The number of rotatable bonds is 4. The van der Waals surface area contributed by atoms with E-state index in [9.17, 15) is 9.90 Å². The molecular weight excluding hydrogens is 346 g/mol. The Labute approximate surface area is 158 Å². The molecule has 0 bridgehead atoms. The number of aliphatic hydroxyl groups excluding tert-OH is 1. The second-order valence-electron chi connectivity index (χ2n) is 8.17. The fourth-order valence-electron chi connectivity index (χ4n) is 4.57. The first-order valence-corrected chi connectivity index (χ1v) is 9.38. The molecule has 2 aromatic heterocycles. The van der Waals surface area contributed by atoms with Crippen LogP contribution in [0.25, 0.3) is 0 Å². The maximum atomic E-state index is 12.9. The summed E-state index contributed by atoms with van der Waals surface area (Å²) in [5.41, 5.74) is 3.22. The van der Waals surface area contributed by atoms with Gasteiger partial charge in [-0.2, -0.15) is 5.10 Å². The van der Waals surface area contributed by atoms with Gasteiger partial charge in [-0.1, -0.05) is 5.16 Å². The Kier molecular flexibility index (Phi) is 4.35. The third kappa shape index (κ3) is 2.96. The van der Waals surface area contributed by atoms with E-state index in [-0.39, 0.29) is 23.8 Å². The minimum atomic E-state index is -0.265. The topological polar surface area (TPSA) is 87.6 Å². The molecule has 2 atom stereocenters. The smallest absolute Gasteiger partial charge is 0.274 e. The molecule has 8 heteroatoms. The van der Waals surface area contributed by atoms with Gasteiger partial charge in [0.2, 0.25) is 0 Å². The lowest BCUT2D eigenvalue weighted by atomic mass is 9.82. The first kappa shape index (κ1) is 18.2. The molecule has 2 aliphatic rings. The molecule has 0 aromatic carbocycles. The molecule has 1 amide bonds. The summed E-state index contributed by atoms with van der Waals surface area (Å²) in [6, 6.07) is 1.83. The third-order valence-electron chi connectivity index (χ3n) is 6.33. The highest BCUT2D eigenvalue weighted by molar-refractivity contribution is 5.92. The van der Waals surface area contributed by atoms with Crippen molar-refractivity contribution in [1.82, 2.24) is 24.7 Å². The van der Waals surface area contributed by atoms with Gasteiger partial charge >= 0.3 is 0 Å². The van der Waals surface area contributed by atoms with Crippen LogP contribution in [0.15, 0.2) is 10.6 Å². The van der Waals surface area contributed by atoms with Crippen LogP contribution in [0.2, 0.25) is 0 Å². The van der Waals surface area contributed by atoms with Gasteiger partial charge in [-0.3, -0.25) is 14.4 Å². The van der Waals surface area contributed by atoms with Gasteiger partial charge in [0.15, 0.2) is 5.69 Å². The van der Waals surface area contributed by atoms with E-state index in [1.165, 1.54) is 0 Å². The quantitative estimate of drug-likeness (QED) is 0.857. The Balaban J connectivity index is 1.47. The van der Waals surface area contributed by atoms with Crippen molar-refractivity contribution in [2.45, 2.75) is 27.3 Å². The fourth-order valence-corrected chi connectivity index (χ4v) is 4.57. The maximum absolute atomic E-state index is 12.9. The molecule has 4 heterocycles. The summed E-state index contributed by atoms with van der Waals surface area (Å²) in [7, 11) is 1.84. The normalized spacial score (nSPS) is 25.4. The van der Waals surface area contributed by atoms with Gasteiger partial charge in [0, 0.05) is 56.4 Å². The van der Waals surface area contributed by atoms with Crippen LogP contribution in [0.5, 0.6) is 0 Å². The van der Waals surface area contributed by atoms with Gasteiger partial charge in [0.05, 0.1) is 12.3 Å². The number of carbonyl (C=O) groups is 1. The lowest BCUT2D eigenvalue weighted by Crippen LogP contribution is -2.39. The number of aromatic nitrogens is 3. The molecule has 2 fully saturated rings. The van der Waals surface area contributed by atoms with Crippen molar-refractivity contribution in [3.05, 3.63) is 34.5 Å². The van der Waals surface area contributed by atoms with Crippen LogP contribution < -0.4 is 0 Å². The first-order valence-electron chi connectivity index (χ1n) is 9.38. The zero-order valence-electron chi connectivity index (χ0n) is 16.4. The summed E-state index contributed by atoms with van der Waals surface area (Å²) in [4.78, 5) is 17.1. The van der Waals surface area contributed by atoms with Crippen molar-refractivity contribution in [2.75, 3.05) is 32.8 Å². The SMILES string of the molecule is Cc1noc(C)c1CN1CC2CN(C(=O)c3cc(C)n(C)n3)CC2(CO)C1. The second kappa shape index (κ2) is 6.45. The monoisotopic (exact) mass is 373 g/mol. The van der Waals surface area contributed by atoms with E-state index in [1.807, 2.05) is 38.8 Å². The van der Waals surface area contributed by atoms with Crippen molar-refractivity contribution in [1.29, 1.82) is 0 Å². The highest BCUT2D eigenvalue weighted by atomic mass is 16.5. The summed E-state index contributed by atoms with van der Waals surface area (Å²) in [6.45, 7) is 9.54. The van der Waals surface area contributed by atoms with Crippen LogP contribution in [0.1, 0.15) is 33.2 Å². The van der Waals surface area contributed by atoms with Gasteiger partial charge < -0.3 is 14.5 Å². The molecule has 0 saturated carbocycles. The lowest BCUT2D eigenvalue weighted by Gasteiger charge is -2.27. The average Bonchev–Trinajstić information content (AvgIpc) is 3.33. The fraction of sp³-hybridized carbons (Fsp3) is 0.632. The molecule has 2 aliphatic heterocycles. The lowest BCUT2D eigenvalue weighted by molar-refractivity contribution is 0.0712. The van der Waals surface area contributed by atoms with Crippen molar-refractivity contribution in [2.24, 2.45) is 18.4 Å². The van der Waals surface area contributed by atoms with E-state index in [0.29, 0.717) is 18.8 Å². The zero-order valence-corrected chi connectivity index (χ0v) is 16.4. The molecule has 4 rings (SSSR count). The minimum Gasteiger partial charge on any atom is -0.396 e. The van der Waals surface area contributed by atoms with E-state index < -0.39 is 0 Å². The summed E-state index contributed by atoms with van der Waals surface area (Å²) in [5.74, 6) is 1.07. The number of hydrogen-bond acceptors (Lipinski definition) is 6. The minimum absolute atomic E-state index is 0.0433. The van der Waals surface area contributed by atoms with Gasteiger partial charge in [-0.25, -0.2) is 0 Å². The summed E-state index contributed by atoms with van der Waals surface area (Å²) < 4.78 is 6.99. The number of carbonyl (C=O) groups excluding carboxylic acids is 1. The number of aliphatic hydroxyl groups is 1. The molecule has 0 spiro atoms. The molecule has 146 valence electrons. The molecule has 27 heavy (non-hydrogen) atoms. The Hall–Kier alpha value is -2.19. The third-order valence-corrected chi connectivity index (χ3v) is 6.33. The number of fused-ring (bicyclic) bond motifs is 1. The van der Waals surface area contributed by atoms with Crippen LogP contribution in [0.3, 0.4) is 0 Å². The molecule has 1 N–H and O–H groups in total. The zero-order chi connectivity index (χ0) is 19.3. The number of hydrogen-bond donors (Lipinski definition) is 1. The summed E-state index contributed by atoms with van der Waals surface area (Å²) in [6.07, 6.45) is 0. The van der Waals surface area contributed by atoms with Gasteiger partial charge in [0.25, 0.3) is 5.91 Å². The van der Waals surface area contributed by atoms with Crippen molar-refractivity contribution in [3.8, 4) is 0 Å². The number of aryl methyl sites for hydroxylation is 4. The Morgan fingerprint density at radius 1 is 1.33 bits per heavy atom. The van der Waals surface area contributed by atoms with E-state index >= 15 is 0 Å². The Bertz CT molecular complexity index is 834. The standard InChI is InChI=1S/C19H27N5O3/c1-12-5-17(20-22(12)4)18(26)24-7-15-6-23(9-19(15,10-24)11-25)8-16-13(2)21-27-14(16)3/h5,15,25H,6-11H2,1-4H3. The molecule has 2 saturated heterocycles. The van der Waals surface area contributed by atoms with Crippen molar-refractivity contribution in [3.63, 3.8) is 0 Å². The Morgan fingerprint density at radius 3 is 2.67 bits per heavy atom. The molecule has 2 unspecified atom stereocenters. The van der Waals surface area contributed by atoms with E-state index in [1.54, 1.807) is 4.68 Å². The highest BCUT2D eigenvalue weighted by Crippen LogP contribution is 2.43. The van der Waals surface area contributed by atoms with Gasteiger partial charge in [0.1, 0.15) is 5.76 Å². The summed E-state index contributed by atoms with van der Waals surface area (Å²) in [5, 5.41) is 18.5. The van der Waals surface area contributed by atoms with E-state index in [0.717, 1.165) is 42.3 Å². The highest BCUT2D eigenvalue weighted by Gasteiger charge is 2.53. The van der Waals surface area contributed by atoms with Gasteiger partial charge in [-0.05, 0) is 32.8 Å². The van der Waals surface area contributed by atoms with Crippen LogP contribution >= 0.6 is 0 Å². The molecule has 2 aromatic rings. The molecule has 8 nitrogen and oxygen atoms in total. The van der Waals surface area contributed by atoms with Crippen molar-refractivity contribution >= 4 is 5.91 Å². The Morgan fingerprint density at radius 2 is 2.11 bits per heavy atom. The van der Waals surface area contributed by atoms with Crippen LogP contribution in [-0.4, -0.2) is 68.5 Å². The molecule has 0 radical (unpaired) electrons. The van der Waals surface area contributed by atoms with Crippen molar-refractivity contribution < 1.29 is 14.4 Å². The first-order chi connectivity index (χ1) is 12.8. The van der Waals surface area contributed by atoms with E-state index in [4.69, 9.17) is 4.52 Å².